The van der Waals surface area contributed by atoms with Crippen molar-refractivity contribution in [1.82, 2.24) is 0 Å². The SMILES string of the molecule is CC1(C)[C@H](C=C(Cl)C(F)(F)F)[C@@H]1CBr. The Balaban J connectivity index is 2.72. The van der Waals surface area contributed by atoms with Crippen LogP contribution in [0.25, 0.3) is 0 Å². The zero-order valence-electron chi connectivity index (χ0n) is 7.83. The summed E-state index contributed by atoms with van der Waals surface area (Å²) in [5.74, 6) is 0.176. The second kappa shape index (κ2) is 3.71. The first-order valence-electron chi connectivity index (χ1n) is 4.21. The highest BCUT2D eigenvalue weighted by molar-refractivity contribution is 9.09. The molecule has 0 saturated heterocycles. The summed E-state index contributed by atoms with van der Waals surface area (Å²) in [4.78, 5) is 0. The van der Waals surface area contributed by atoms with Gasteiger partial charge in [-0.25, -0.2) is 0 Å². The topological polar surface area (TPSA) is 0 Å². The molecule has 5 heteroatoms. The Morgan fingerprint density at radius 1 is 1.50 bits per heavy atom. The summed E-state index contributed by atoms with van der Waals surface area (Å²) in [5.41, 5.74) is -0.0745. The van der Waals surface area contributed by atoms with Gasteiger partial charge in [0.25, 0.3) is 0 Å². The summed E-state index contributed by atoms with van der Waals surface area (Å²) in [5, 5.41) is -0.289. The Morgan fingerprint density at radius 3 is 2.29 bits per heavy atom. The Morgan fingerprint density at radius 2 is 2.00 bits per heavy atom. The van der Waals surface area contributed by atoms with Crippen LogP contribution in [0.4, 0.5) is 13.2 Å². The molecular formula is C9H11BrClF3. The lowest BCUT2D eigenvalue weighted by Gasteiger charge is -2.04. The number of alkyl halides is 4. The van der Waals surface area contributed by atoms with Crippen LogP contribution in [0, 0.1) is 17.3 Å². The van der Waals surface area contributed by atoms with Gasteiger partial charge in [0.05, 0.1) is 0 Å². The molecule has 0 aromatic rings. The maximum atomic E-state index is 12.1. The van der Waals surface area contributed by atoms with Gasteiger partial charge in [0.2, 0.25) is 0 Å². The molecule has 0 heterocycles. The van der Waals surface area contributed by atoms with E-state index in [0.717, 1.165) is 6.08 Å². The fraction of sp³-hybridized carbons (Fsp3) is 0.778. The molecule has 2 atom stereocenters. The molecule has 0 nitrogen and oxygen atoms in total. The molecule has 0 bridgehead atoms. The first-order chi connectivity index (χ1) is 6.21. The van der Waals surface area contributed by atoms with Gasteiger partial charge in [-0.3, -0.25) is 0 Å². The van der Waals surface area contributed by atoms with Crippen LogP contribution in [-0.4, -0.2) is 11.5 Å². The van der Waals surface area contributed by atoms with Crippen molar-refractivity contribution in [3.8, 4) is 0 Å². The minimum Gasteiger partial charge on any atom is -0.165 e. The van der Waals surface area contributed by atoms with Crippen LogP contribution in [0.15, 0.2) is 11.1 Å². The van der Waals surface area contributed by atoms with Crippen LogP contribution in [0.2, 0.25) is 0 Å². The molecule has 0 unspecified atom stereocenters. The zero-order chi connectivity index (χ0) is 11.1. The molecule has 0 radical (unpaired) electrons. The molecule has 1 rings (SSSR count). The summed E-state index contributed by atoms with van der Waals surface area (Å²) in [6, 6.07) is 0. The number of allylic oxidation sites excluding steroid dienone is 2. The standard InChI is InChI=1S/C9H11BrClF3/c1-8(2)5(6(8)4-10)3-7(11)9(12,13)14/h3,5-6H,4H2,1-2H3/t5-,6+/m1/s1. The van der Waals surface area contributed by atoms with Crippen LogP contribution in [0.1, 0.15) is 13.8 Å². The lowest BCUT2D eigenvalue weighted by Crippen LogP contribution is -2.07. The van der Waals surface area contributed by atoms with E-state index in [1.54, 1.807) is 0 Å². The smallest absolute Gasteiger partial charge is 0.165 e. The largest absolute Gasteiger partial charge is 0.426 e. The number of hydrogen-bond donors (Lipinski definition) is 0. The monoisotopic (exact) mass is 290 g/mol. The van der Waals surface area contributed by atoms with E-state index in [1.165, 1.54) is 0 Å². The predicted molar refractivity (Wildman–Crippen MR) is 54.5 cm³/mol. The predicted octanol–water partition coefficient (Wildman–Crippen LogP) is 4.34. The molecule has 1 saturated carbocycles. The highest BCUT2D eigenvalue weighted by Gasteiger charge is 2.56. The number of hydrogen-bond acceptors (Lipinski definition) is 0. The Hall–Kier alpha value is 0.300. The molecule has 0 amide bonds. The van der Waals surface area contributed by atoms with Gasteiger partial charge in [-0.05, 0) is 17.3 Å². The Bertz CT molecular complexity index is 257. The van der Waals surface area contributed by atoms with E-state index in [-0.39, 0.29) is 17.3 Å². The van der Waals surface area contributed by atoms with Gasteiger partial charge >= 0.3 is 6.18 Å². The molecule has 0 aromatic heterocycles. The number of rotatable bonds is 2. The summed E-state index contributed by atoms with van der Waals surface area (Å²) in [6.45, 7) is 3.89. The Labute approximate surface area is 94.6 Å². The van der Waals surface area contributed by atoms with E-state index in [4.69, 9.17) is 11.6 Å². The van der Waals surface area contributed by atoms with E-state index in [0.29, 0.717) is 5.33 Å². The van der Waals surface area contributed by atoms with Crippen molar-refractivity contribution >= 4 is 27.5 Å². The summed E-state index contributed by atoms with van der Waals surface area (Å²) >= 11 is 8.44. The molecule has 0 aliphatic heterocycles. The second-order valence-corrected chi connectivity index (χ2v) is 5.17. The highest BCUT2D eigenvalue weighted by Crippen LogP contribution is 2.60. The van der Waals surface area contributed by atoms with Gasteiger partial charge < -0.3 is 0 Å². The normalized spacial score (nSPS) is 31.8. The van der Waals surface area contributed by atoms with Gasteiger partial charge in [0, 0.05) is 5.33 Å². The summed E-state index contributed by atoms with van der Waals surface area (Å²) in [7, 11) is 0. The van der Waals surface area contributed by atoms with Crippen molar-refractivity contribution in [3.05, 3.63) is 11.1 Å². The van der Waals surface area contributed by atoms with Crippen molar-refractivity contribution in [3.63, 3.8) is 0 Å². The molecule has 0 spiro atoms. The fourth-order valence-electron chi connectivity index (χ4n) is 1.66. The molecule has 1 fully saturated rings. The average Bonchev–Trinajstić information content (AvgIpc) is 2.51. The molecule has 14 heavy (non-hydrogen) atoms. The van der Waals surface area contributed by atoms with E-state index >= 15 is 0 Å². The molecular weight excluding hydrogens is 280 g/mol. The third-order valence-corrected chi connectivity index (χ3v) is 3.94. The number of halogens is 5. The fourth-order valence-corrected chi connectivity index (χ4v) is 3.04. The minimum absolute atomic E-state index is 0.0731. The molecule has 0 N–H and O–H groups in total. The van der Waals surface area contributed by atoms with E-state index in [2.05, 4.69) is 15.9 Å². The second-order valence-electron chi connectivity index (χ2n) is 4.12. The van der Waals surface area contributed by atoms with E-state index in [1.807, 2.05) is 13.8 Å². The molecule has 82 valence electrons. The lowest BCUT2D eigenvalue weighted by atomic mass is 10.1. The van der Waals surface area contributed by atoms with Crippen molar-refractivity contribution in [2.45, 2.75) is 20.0 Å². The van der Waals surface area contributed by atoms with Crippen molar-refractivity contribution in [2.75, 3.05) is 5.33 Å². The van der Waals surface area contributed by atoms with Crippen LogP contribution in [-0.2, 0) is 0 Å². The Kier molecular flexibility index (Phi) is 3.27. The van der Waals surface area contributed by atoms with E-state index < -0.39 is 11.2 Å². The molecule has 0 aromatic carbocycles. The highest BCUT2D eigenvalue weighted by atomic mass is 79.9. The molecule has 1 aliphatic carbocycles. The van der Waals surface area contributed by atoms with Crippen LogP contribution >= 0.6 is 27.5 Å². The van der Waals surface area contributed by atoms with Crippen molar-refractivity contribution in [2.24, 2.45) is 17.3 Å². The van der Waals surface area contributed by atoms with Gasteiger partial charge in [-0.15, -0.1) is 0 Å². The van der Waals surface area contributed by atoms with Gasteiger partial charge in [0.1, 0.15) is 5.03 Å². The minimum atomic E-state index is -4.41. The third-order valence-electron chi connectivity index (χ3n) is 2.90. The van der Waals surface area contributed by atoms with E-state index in [9.17, 15) is 13.2 Å². The maximum Gasteiger partial charge on any atom is 0.426 e. The third kappa shape index (κ3) is 2.27. The van der Waals surface area contributed by atoms with Crippen LogP contribution in [0.3, 0.4) is 0 Å². The van der Waals surface area contributed by atoms with Crippen LogP contribution in [0.5, 0.6) is 0 Å². The molecule has 1 aliphatic rings. The van der Waals surface area contributed by atoms with Crippen LogP contribution < -0.4 is 0 Å². The first-order valence-corrected chi connectivity index (χ1v) is 5.71. The zero-order valence-corrected chi connectivity index (χ0v) is 10.2. The summed E-state index contributed by atoms with van der Waals surface area (Å²) in [6.07, 6.45) is -3.27. The lowest BCUT2D eigenvalue weighted by molar-refractivity contribution is -0.0848. The van der Waals surface area contributed by atoms with Crippen molar-refractivity contribution in [1.29, 1.82) is 0 Å². The average molecular weight is 292 g/mol. The summed E-state index contributed by atoms with van der Waals surface area (Å²) < 4.78 is 36.3. The quantitative estimate of drug-likeness (QED) is 0.664. The maximum absolute atomic E-state index is 12.1. The van der Waals surface area contributed by atoms with Gasteiger partial charge in [-0.2, -0.15) is 13.2 Å². The van der Waals surface area contributed by atoms with Gasteiger partial charge in [0.15, 0.2) is 0 Å². The van der Waals surface area contributed by atoms with Gasteiger partial charge in [-0.1, -0.05) is 47.5 Å². The van der Waals surface area contributed by atoms with Crippen molar-refractivity contribution < 1.29 is 13.2 Å². The first kappa shape index (κ1) is 12.4.